The lowest BCUT2D eigenvalue weighted by Gasteiger charge is -2.13. The normalized spacial score (nSPS) is 13.3. The SMILES string of the molecule is CCNC(=NCCCNC(=O)c1ccccc1)Nc1ccc2c(c1)OCCCO2. The topological polar surface area (TPSA) is 84.0 Å². The first-order valence-electron chi connectivity index (χ1n) is 10.0. The van der Waals surface area contributed by atoms with Gasteiger partial charge in [0.1, 0.15) is 0 Å². The van der Waals surface area contributed by atoms with E-state index < -0.39 is 0 Å². The molecule has 2 aromatic rings. The van der Waals surface area contributed by atoms with Crippen molar-refractivity contribution in [1.82, 2.24) is 10.6 Å². The van der Waals surface area contributed by atoms with Crippen LogP contribution >= 0.6 is 0 Å². The summed E-state index contributed by atoms with van der Waals surface area (Å²) >= 11 is 0. The zero-order valence-electron chi connectivity index (χ0n) is 16.7. The molecule has 1 amide bonds. The molecule has 1 aliphatic rings. The predicted molar refractivity (Wildman–Crippen MR) is 115 cm³/mol. The fraction of sp³-hybridized carbons (Fsp3) is 0.364. The third kappa shape index (κ3) is 6.41. The van der Waals surface area contributed by atoms with Gasteiger partial charge in [0.05, 0.1) is 13.2 Å². The molecular formula is C22H28N4O3. The Labute approximate surface area is 171 Å². The fourth-order valence-electron chi connectivity index (χ4n) is 2.85. The van der Waals surface area contributed by atoms with Crippen LogP contribution in [-0.4, -0.2) is 44.7 Å². The number of guanidine groups is 1. The summed E-state index contributed by atoms with van der Waals surface area (Å²) in [6.45, 7) is 5.26. The molecule has 0 bridgehead atoms. The first-order valence-corrected chi connectivity index (χ1v) is 10.0. The van der Waals surface area contributed by atoms with Gasteiger partial charge in [0, 0.05) is 43.4 Å². The van der Waals surface area contributed by atoms with Crippen LogP contribution < -0.4 is 25.4 Å². The van der Waals surface area contributed by atoms with E-state index in [1.807, 2.05) is 43.3 Å². The molecule has 154 valence electrons. The highest BCUT2D eigenvalue weighted by atomic mass is 16.5. The van der Waals surface area contributed by atoms with Gasteiger partial charge in [-0.25, -0.2) is 0 Å². The van der Waals surface area contributed by atoms with E-state index in [9.17, 15) is 4.79 Å². The van der Waals surface area contributed by atoms with Gasteiger partial charge in [-0.3, -0.25) is 9.79 Å². The monoisotopic (exact) mass is 396 g/mol. The number of carbonyl (C=O) groups is 1. The largest absolute Gasteiger partial charge is 0.490 e. The summed E-state index contributed by atoms with van der Waals surface area (Å²) in [4.78, 5) is 16.6. The van der Waals surface area contributed by atoms with E-state index in [-0.39, 0.29) is 5.91 Å². The lowest BCUT2D eigenvalue weighted by atomic mass is 10.2. The van der Waals surface area contributed by atoms with Crippen molar-refractivity contribution in [1.29, 1.82) is 0 Å². The smallest absolute Gasteiger partial charge is 0.251 e. The number of hydrogen-bond acceptors (Lipinski definition) is 4. The maximum Gasteiger partial charge on any atom is 0.251 e. The van der Waals surface area contributed by atoms with E-state index in [1.165, 1.54) is 0 Å². The van der Waals surface area contributed by atoms with Crippen molar-refractivity contribution in [3.63, 3.8) is 0 Å². The van der Waals surface area contributed by atoms with Gasteiger partial charge in [-0.15, -0.1) is 0 Å². The van der Waals surface area contributed by atoms with Crippen molar-refractivity contribution >= 4 is 17.6 Å². The summed E-state index contributed by atoms with van der Waals surface area (Å²) in [5, 5.41) is 9.44. The van der Waals surface area contributed by atoms with Crippen LogP contribution in [-0.2, 0) is 0 Å². The molecule has 0 aliphatic carbocycles. The molecule has 3 N–H and O–H groups in total. The Morgan fingerprint density at radius 1 is 1.03 bits per heavy atom. The molecule has 29 heavy (non-hydrogen) atoms. The fourth-order valence-corrected chi connectivity index (χ4v) is 2.85. The third-order valence-electron chi connectivity index (χ3n) is 4.28. The third-order valence-corrected chi connectivity index (χ3v) is 4.28. The molecule has 0 aromatic heterocycles. The molecule has 7 heteroatoms. The van der Waals surface area contributed by atoms with Crippen LogP contribution in [0, 0.1) is 0 Å². The molecule has 0 fully saturated rings. The molecule has 2 aromatic carbocycles. The molecule has 0 saturated carbocycles. The number of rotatable bonds is 7. The van der Waals surface area contributed by atoms with Gasteiger partial charge in [-0.05, 0) is 37.6 Å². The van der Waals surface area contributed by atoms with Crippen molar-refractivity contribution in [2.24, 2.45) is 4.99 Å². The van der Waals surface area contributed by atoms with Crippen LogP contribution in [0.4, 0.5) is 5.69 Å². The van der Waals surface area contributed by atoms with Gasteiger partial charge in [-0.2, -0.15) is 0 Å². The van der Waals surface area contributed by atoms with Gasteiger partial charge in [0.15, 0.2) is 17.5 Å². The Bertz CT molecular complexity index is 824. The highest BCUT2D eigenvalue weighted by Gasteiger charge is 2.11. The van der Waals surface area contributed by atoms with Crippen molar-refractivity contribution in [2.45, 2.75) is 19.8 Å². The van der Waals surface area contributed by atoms with Gasteiger partial charge >= 0.3 is 0 Å². The van der Waals surface area contributed by atoms with Crippen LogP contribution in [0.5, 0.6) is 11.5 Å². The second-order valence-electron chi connectivity index (χ2n) is 6.57. The van der Waals surface area contributed by atoms with Crippen LogP contribution in [0.2, 0.25) is 0 Å². The lowest BCUT2D eigenvalue weighted by Crippen LogP contribution is -2.31. The first kappa shape index (κ1) is 20.5. The van der Waals surface area contributed by atoms with Gasteiger partial charge in [0.25, 0.3) is 5.91 Å². The molecule has 3 rings (SSSR count). The molecule has 0 spiro atoms. The van der Waals surface area contributed by atoms with E-state index >= 15 is 0 Å². The number of aliphatic imine (C=N–C) groups is 1. The van der Waals surface area contributed by atoms with E-state index in [4.69, 9.17) is 9.47 Å². The van der Waals surface area contributed by atoms with Crippen molar-refractivity contribution in [3.05, 3.63) is 54.1 Å². The van der Waals surface area contributed by atoms with Crippen molar-refractivity contribution in [2.75, 3.05) is 38.2 Å². The summed E-state index contributed by atoms with van der Waals surface area (Å²) < 4.78 is 11.4. The quantitative estimate of drug-likeness (QED) is 0.381. The van der Waals surface area contributed by atoms with E-state index in [2.05, 4.69) is 20.9 Å². The second kappa shape index (κ2) is 10.9. The van der Waals surface area contributed by atoms with Gasteiger partial charge in [0.2, 0.25) is 0 Å². The zero-order valence-corrected chi connectivity index (χ0v) is 16.7. The molecule has 1 aliphatic heterocycles. The van der Waals surface area contributed by atoms with Crippen LogP contribution in [0.15, 0.2) is 53.5 Å². The molecule has 7 nitrogen and oxygen atoms in total. The van der Waals surface area contributed by atoms with E-state index in [0.717, 1.165) is 36.6 Å². The first-order chi connectivity index (χ1) is 14.3. The van der Waals surface area contributed by atoms with Crippen LogP contribution in [0.25, 0.3) is 0 Å². The number of nitrogens with zero attached hydrogens (tertiary/aromatic N) is 1. The molecule has 0 radical (unpaired) electrons. The number of ether oxygens (including phenoxy) is 2. The Morgan fingerprint density at radius 3 is 2.62 bits per heavy atom. The predicted octanol–water partition coefficient (Wildman–Crippen LogP) is 3.05. The molecule has 1 heterocycles. The summed E-state index contributed by atoms with van der Waals surface area (Å²) in [6.07, 6.45) is 1.62. The van der Waals surface area contributed by atoms with Crippen molar-refractivity contribution < 1.29 is 14.3 Å². The summed E-state index contributed by atoms with van der Waals surface area (Å²) in [5.41, 5.74) is 1.55. The van der Waals surface area contributed by atoms with E-state index in [0.29, 0.717) is 37.8 Å². The number of nitrogens with one attached hydrogen (secondary N) is 3. The number of amides is 1. The Morgan fingerprint density at radius 2 is 1.83 bits per heavy atom. The Kier molecular flexibility index (Phi) is 7.74. The standard InChI is InChI=1S/C22H28N4O3/c1-2-23-22(25-13-6-12-24-21(27)17-8-4-3-5-9-17)26-18-10-11-19-20(16-18)29-15-7-14-28-19/h3-5,8-11,16H,2,6-7,12-15H2,1H3,(H,24,27)(H2,23,25,26). The minimum atomic E-state index is -0.0631. The summed E-state index contributed by atoms with van der Waals surface area (Å²) in [6, 6.07) is 15.0. The second-order valence-corrected chi connectivity index (χ2v) is 6.57. The maximum atomic E-state index is 12.0. The molecule has 0 unspecified atom stereocenters. The minimum Gasteiger partial charge on any atom is -0.490 e. The number of anilines is 1. The highest BCUT2D eigenvalue weighted by molar-refractivity contribution is 5.94. The average molecular weight is 396 g/mol. The van der Waals surface area contributed by atoms with Gasteiger partial charge in [-0.1, -0.05) is 18.2 Å². The average Bonchev–Trinajstić information content (AvgIpc) is 2.99. The molecule has 0 atom stereocenters. The lowest BCUT2D eigenvalue weighted by molar-refractivity contribution is 0.0953. The maximum absolute atomic E-state index is 12.0. The van der Waals surface area contributed by atoms with Crippen LogP contribution in [0.3, 0.4) is 0 Å². The summed E-state index contributed by atoms with van der Waals surface area (Å²) in [7, 11) is 0. The molecular weight excluding hydrogens is 368 g/mol. The number of hydrogen-bond donors (Lipinski definition) is 3. The van der Waals surface area contributed by atoms with Gasteiger partial charge < -0.3 is 25.4 Å². The Balaban J connectivity index is 1.49. The summed E-state index contributed by atoms with van der Waals surface area (Å²) in [5.74, 6) is 2.14. The Hall–Kier alpha value is -3.22. The molecule has 0 saturated heterocycles. The van der Waals surface area contributed by atoms with Crippen LogP contribution in [0.1, 0.15) is 30.1 Å². The number of benzene rings is 2. The van der Waals surface area contributed by atoms with Crippen molar-refractivity contribution in [3.8, 4) is 11.5 Å². The minimum absolute atomic E-state index is 0.0631. The number of fused-ring (bicyclic) bond motifs is 1. The number of carbonyl (C=O) groups excluding carboxylic acids is 1. The highest BCUT2D eigenvalue weighted by Crippen LogP contribution is 2.32. The van der Waals surface area contributed by atoms with E-state index in [1.54, 1.807) is 12.1 Å². The zero-order chi connectivity index (χ0) is 20.3.